The highest BCUT2D eigenvalue weighted by molar-refractivity contribution is 5.21. The molecule has 2 rings (SSSR count). The fourth-order valence-corrected chi connectivity index (χ4v) is 2.26. The molecule has 0 spiro atoms. The van der Waals surface area contributed by atoms with Crippen LogP contribution in [0.1, 0.15) is 24.5 Å². The average molecular weight is 219 g/mol. The van der Waals surface area contributed by atoms with Crippen molar-refractivity contribution in [1.29, 1.82) is 0 Å². The molecule has 1 aromatic heterocycles. The lowest BCUT2D eigenvalue weighted by Gasteiger charge is -2.22. The molecule has 1 aliphatic heterocycles. The van der Waals surface area contributed by atoms with Gasteiger partial charge in [-0.3, -0.25) is 9.88 Å². The quantitative estimate of drug-likeness (QED) is 0.818. The second kappa shape index (κ2) is 5.41. The smallest absolute Gasteiger partial charge is 0.0300 e. The minimum absolute atomic E-state index is 0.602. The van der Waals surface area contributed by atoms with Crippen molar-refractivity contribution in [3.63, 3.8) is 0 Å². The maximum Gasteiger partial charge on any atom is 0.0300 e. The molecule has 0 radical (unpaired) electrons. The van der Waals surface area contributed by atoms with Gasteiger partial charge in [0.15, 0.2) is 0 Å². The first-order valence-corrected chi connectivity index (χ1v) is 6.11. The first-order valence-electron chi connectivity index (χ1n) is 6.11. The van der Waals surface area contributed by atoms with Crippen LogP contribution in [0.2, 0.25) is 0 Å². The van der Waals surface area contributed by atoms with Crippen LogP contribution in [0.15, 0.2) is 18.5 Å². The molecule has 0 aromatic carbocycles. The van der Waals surface area contributed by atoms with Crippen LogP contribution in [0, 0.1) is 6.92 Å². The van der Waals surface area contributed by atoms with Crippen LogP contribution in [-0.2, 0) is 6.54 Å². The van der Waals surface area contributed by atoms with Crippen LogP contribution in [-0.4, -0.2) is 35.6 Å². The third-order valence-electron chi connectivity index (χ3n) is 3.21. The van der Waals surface area contributed by atoms with E-state index in [2.05, 4.69) is 35.1 Å². The molecule has 1 atom stereocenters. The van der Waals surface area contributed by atoms with E-state index in [0.29, 0.717) is 6.04 Å². The molecule has 1 unspecified atom stereocenters. The fourth-order valence-electron chi connectivity index (χ4n) is 2.26. The van der Waals surface area contributed by atoms with Gasteiger partial charge in [-0.2, -0.15) is 0 Å². The summed E-state index contributed by atoms with van der Waals surface area (Å²) in [6, 6.07) is 2.74. The molecule has 1 N–H and O–H groups in total. The zero-order chi connectivity index (χ0) is 11.4. The monoisotopic (exact) mass is 219 g/mol. The van der Waals surface area contributed by atoms with E-state index in [1.54, 1.807) is 0 Å². The zero-order valence-corrected chi connectivity index (χ0v) is 10.2. The first-order chi connectivity index (χ1) is 7.75. The Morgan fingerprint density at radius 1 is 1.56 bits per heavy atom. The normalized spacial score (nSPS) is 23.0. The van der Waals surface area contributed by atoms with Crippen LogP contribution in [0.5, 0.6) is 0 Å². The number of nitrogens with zero attached hydrogens (tertiary/aromatic N) is 2. The highest BCUT2D eigenvalue weighted by Crippen LogP contribution is 2.11. The van der Waals surface area contributed by atoms with Crippen LogP contribution in [0.4, 0.5) is 0 Å². The Morgan fingerprint density at radius 3 is 3.25 bits per heavy atom. The topological polar surface area (TPSA) is 28.2 Å². The van der Waals surface area contributed by atoms with Crippen LogP contribution in [0.25, 0.3) is 0 Å². The molecule has 1 aromatic rings. The van der Waals surface area contributed by atoms with Crippen molar-refractivity contribution in [1.82, 2.24) is 15.2 Å². The van der Waals surface area contributed by atoms with Crippen LogP contribution < -0.4 is 5.32 Å². The van der Waals surface area contributed by atoms with Gasteiger partial charge < -0.3 is 5.32 Å². The van der Waals surface area contributed by atoms with Gasteiger partial charge in [-0.25, -0.2) is 0 Å². The predicted octanol–water partition coefficient (Wildman–Crippen LogP) is 1.57. The van der Waals surface area contributed by atoms with E-state index < -0.39 is 0 Å². The Bertz CT molecular complexity index is 338. The Kier molecular flexibility index (Phi) is 3.91. The third kappa shape index (κ3) is 3.03. The summed E-state index contributed by atoms with van der Waals surface area (Å²) in [5, 5.41) is 3.52. The third-order valence-corrected chi connectivity index (χ3v) is 3.21. The Morgan fingerprint density at radius 2 is 2.44 bits per heavy atom. The summed E-state index contributed by atoms with van der Waals surface area (Å²) in [5.41, 5.74) is 2.71. The molecule has 1 fully saturated rings. The fraction of sp³-hybridized carbons (Fsp3) is 0.615. The van der Waals surface area contributed by atoms with E-state index in [1.165, 1.54) is 24.1 Å². The van der Waals surface area contributed by atoms with Gasteiger partial charge in [0.25, 0.3) is 0 Å². The lowest BCUT2D eigenvalue weighted by molar-refractivity contribution is 0.264. The summed E-state index contributed by atoms with van der Waals surface area (Å²) < 4.78 is 0. The number of nitrogens with one attached hydrogen (secondary N) is 1. The molecule has 0 aliphatic carbocycles. The summed E-state index contributed by atoms with van der Waals surface area (Å²) in [4.78, 5) is 6.68. The summed E-state index contributed by atoms with van der Waals surface area (Å²) in [7, 11) is 0. The average Bonchev–Trinajstić information content (AvgIpc) is 2.46. The van der Waals surface area contributed by atoms with Gasteiger partial charge in [0, 0.05) is 31.5 Å². The summed E-state index contributed by atoms with van der Waals surface area (Å²) in [6.07, 6.45) is 5.09. The minimum atomic E-state index is 0.602. The molecule has 0 saturated carbocycles. The molecule has 3 nitrogen and oxygen atoms in total. The number of hydrogen-bond donors (Lipinski definition) is 1. The molecule has 1 saturated heterocycles. The van der Waals surface area contributed by atoms with Crippen LogP contribution in [0.3, 0.4) is 0 Å². The lowest BCUT2D eigenvalue weighted by atomic mass is 10.1. The van der Waals surface area contributed by atoms with Gasteiger partial charge in [0.2, 0.25) is 0 Å². The summed E-state index contributed by atoms with van der Waals surface area (Å²) in [6.45, 7) is 8.94. The van der Waals surface area contributed by atoms with Crippen molar-refractivity contribution >= 4 is 0 Å². The maximum absolute atomic E-state index is 4.14. The molecule has 3 heteroatoms. The summed E-state index contributed by atoms with van der Waals surface area (Å²) >= 11 is 0. The van der Waals surface area contributed by atoms with Gasteiger partial charge in [0.05, 0.1) is 0 Å². The Balaban J connectivity index is 2.00. The van der Waals surface area contributed by atoms with E-state index in [-0.39, 0.29) is 0 Å². The van der Waals surface area contributed by atoms with Gasteiger partial charge in [-0.05, 0) is 50.6 Å². The molecular formula is C13H21N3. The highest BCUT2D eigenvalue weighted by atomic mass is 15.2. The molecule has 0 amide bonds. The number of aryl methyl sites for hydroxylation is 1. The van der Waals surface area contributed by atoms with E-state index in [1.807, 2.05) is 12.4 Å². The van der Waals surface area contributed by atoms with Crippen molar-refractivity contribution < 1.29 is 0 Å². The number of pyridine rings is 1. The van der Waals surface area contributed by atoms with E-state index in [4.69, 9.17) is 0 Å². The molecule has 88 valence electrons. The number of rotatable bonds is 2. The molecule has 0 bridgehead atoms. The van der Waals surface area contributed by atoms with Crippen molar-refractivity contribution in [2.24, 2.45) is 0 Å². The second-order valence-corrected chi connectivity index (χ2v) is 4.75. The van der Waals surface area contributed by atoms with Crippen LogP contribution >= 0.6 is 0 Å². The van der Waals surface area contributed by atoms with Gasteiger partial charge in [-0.15, -0.1) is 0 Å². The van der Waals surface area contributed by atoms with Gasteiger partial charge >= 0.3 is 0 Å². The van der Waals surface area contributed by atoms with Crippen molar-refractivity contribution in [2.75, 3.05) is 19.6 Å². The molecule has 1 aliphatic rings. The van der Waals surface area contributed by atoms with E-state index >= 15 is 0 Å². The first kappa shape index (κ1) is 11.6. The SMILES string of the molecule is Cc1cnccc1CN1CCCNC(C)C1. The van der Waals surface area contributed by atoms with Crippen molar-refractivity contribution in [3.8, 4) is 0 Å². The Labute approximate surface area is 97.9 Å². The standard InChI is InChI=1S/C13H21N3/c1-11-8-14-6-4-13(11)10-16-7-3-5-15-12(2)9-16/h4,6,8,12,15H,3,5,7,9-10H2,1-2H3. The molecule has 2 heterocycles. The minimum Gasteiger partial charge on any atom is -0.313 e. The van der Waals surface area contributed by atoms with E-state index in [0.717, 1.165) is 19.6 Å². The number of hydrogen-bond acceptors (Lipinski definition) is 3. The molecular weight excluding hydrogens is 198 g/mol. The van der Waals surface area contributed by atoms with E-state index in [9.17, 15) is 0 Å². The maximum atomic E-state index is 4.14. The zero-order valence-electron chi connectivity index (χ0n) is 10.2. The second-order valence-electron chi connectivity index (χ2n) is 4.75. The highest BCUT2D eigenvalue weighted by Gasteiger charge is 2.14. The summed E-state index contributed by atoms with van der Waals surface area (Å²) in [5.74, 6) is 0. The van der Waals surface area contributed by atoms with Gasteiger partial charge in [0.1, 0.15) is 0 Å². The van der Waals surface area contributed by atoms with Gasteiger partial charge in [-0.1, -0.05) is 0 Å². The Hall–Kier alpha value is -0.930. The molecule has 16 heavy (non-hydrogen) atoms. The number of aromatic nitrogens is 1. The largest absolute Gasteiger partial charge is 0.313 e. The van der Waals surface area contributed by atoms with Crippen molar-refractivity contribution in [2.45, 2.75) is 32.9 Å². The predicted molar refractivity (Wildman–Crippen MR) is 66.3 cm³/mol. The lowest BCUT2D eigenvalue weighted by Crippen LogP contribution is -2.35. The van der Waals surface area contributed by atoms with Crippen molar-refractivity contribution in [3.05, 3.63) is 29.6 Å².